The van der Waals surface area contributed by atoms with Crippen LogP contribution in [-0.4, -0.2) is 32.2 Å². The summed E-state index contributed by atoms with van der Waals surface area (Å²) in [6.07, 6.45) is -0.598. The van der Waals surface area contributed by atoms with Crippen molar-refractivity contribution in [1.82, 2.24) is 14.7 Å². The van der Waals surface area contributed by atoms with E-state index in [1.54, 1.807) is 13.0 Å². The smallest absolute Gasteiger partial charge is 0.254 e. The van der Waals surface area contributed by atoms with Crippen molar-refractivity contribution >= 4 is 16.9 Å². The lowest BCUT2D eigenvalue weighted by Crippen LogP contribution is -2.38. The van der Waals surface area contributed by atoms with Crippen LogP contribution in [0.1, 0.15) is 40.5 Å². The van der Waals surface area contributed by atoms with Gasteiger partial charge in [0.2, 0.25) is 0 Å². The molecule has 1 aliphatic heterocycles. The van der Waals surface area contributed by atoms with Crippen molar-refractivity contribution in [3.05, 3.63) is 53.0 Å². The van der Waals surface area contributed by atoms with Gasteiger partial charge in [-0.25, -0.2) is 0 Å². The first kappa shape index (κ1) is 15.0. The number of carbonyl (C=O) groups excluding carboxylic acids is 1. The highest BCUT2D eigenvalue weighted by molar-refractivity contribution is 5.97. The number of carbonyl (C=O) groups is 1. The van der Waals surface area contributed by atoms with Gasteiger partial charge in [-0.05, 0) is 44.2 Å². The molecule has 0 unspecified atom stereocenters. The Balaban J connectivity index is 1.59. The molecule has 6 heteroatoms. The topological polar surface area (TPSA) is 71.5 Å². The van der Waals surface area contributed by atoms with Crippen LogP contribution < -0.4 is 0 Å². The summed E-state index contributed by atoms with van der Waals surface area (Å²) >= 11 is 0. The summed E-state index contributed by atoms with van der Waals surface area (Å²) in [5.74, 6) is 0.837. The Labute approximate surface area is 139 Å². The first-order valence-corrected chi connectivity index (χ1v) is 8.05. The summed E-state index contributed by atoms with van der Waals surface area (Å²) in [5.41, 5.74) is 3.05. The van der Waals surface area contributed by atoms with E-state index in [1.807, 2.05) is 40.8 Å². The Hall–Kier alpha value is -2.60. The average Bonchev–Trinajstić information content (AvgIpc) is 3.14. The Morgan fingerprint density at radius 3 is 2.92 bits per heavy atom. The SMILES string of the molecule is Cc1cc2cc(C(=O)N3CCn4nc([C@H](C)O)cc4C3)ccc2o1. The molecule has 0 saturated heterocycles. The molecule has 3 heterocycles. The number of hydrogen-bond acceptors (Lipinski definition) is 4. The largest absolute Gasteiger partial charge is 0.461 e. The van der Waals surface area contributed by atoms with E-state index in [9.17, 15) is 9.90 Å². The fourth-order valence-electron chi connectivity index (χ4n) is 3.16. The Bertz CT molecular complexity index is 923. The van der Waals surface area contributed by atoms with Crippen LogP contribution in [-0.2, 0) is 13.1 Å². The van der Waals surface area contributed by atoms with Gasteiger partial charge in [-0.2, -0.15) is 5.10 Å². The second-order valence-electron chi connectivity index (χ2n) is 6.30. The number of fused-ring (bicyclic) bond motifs is 2. The fourth-order valence-corrected chi connectivity index (χ4v) is 3.16. The van der Waals surface area contributed by atoms with Crippen molar-refractivity contribution in [2.75, 3.05) is 6.54 Å². The second-order valence-corrected chi connectivity index (χ2v) is 6.30. The van der Waals surface area contributed by atoms with Gasteiger partial charge in [-0.3, -0.25) is 9.48 Å². The number of aromatic nitrogens is 2. The summed E-state index contributed by atoms with van der Waals surface area (Å²) in [6.45, 7) is 5.34. The zero-order chi connectivity index (χ0) is 16.8. The lowest BCUT2D eigenvalue weighted by atomic mass is 10.1. The maximum Gasteiger partial charge on any atom is 0.254 e. The van der Waals surface area contributed by atoms with Gasteiger partial charge in [0.1, 0.15) is 11.3 Å². The molecular formula is C18H19N3O3. The molecule has 1 aromatic carbocycles. The number of rotatable bonds is 2. The summed E-state index contributed by atoms with van der Waals surface area (Å²) < 4.78 is 7.43. The van der Waals surface area contributed by atoms with Gasteiger partial charge in [0.25, 0.3) is 5.91 Å². The third kappa shape index (κ3) is 2.49. The van der Waals surface area contributed by atoms with E-state index >= 15 is 0 Å². The highest BCUT2D eigenvalue weighted by Crippen LogP contribution is 2.23. The molecule has 0 spiro atoms. The monoisotopic (exact) mass is 325 g/mol. The lowest BCUT2D eigenvalue weighted by Gasteiger charge is -2.27. The van der Waals surface area contributed by atoms with Crippen LogP contribution in [0.3, 0.4) is 0 Å². The van der Waals surface area contributed by atoms with Gasteiger partial charge in [0.05, 0.1) is 30.6 Å². The summed E-state index contributed by atoms with van der Waals surface area (Å²) in [7, 11) is 0. The molecule has 1 atom stereocenters. The van der Waals surface area contributed by atoms with E-state index in [0.29, 0.717) is 30.9 Å². The second kappa shape index (κ2) is 5.49. The van der Waals surface area contributed by atoms with Crippen molar-refractivity contribution in [1.29, 1.82) is 0 Å². The molecule has 24 heavy (non-hydrogen) atoms. The van der Waals surface area contributed by atoms with Gasteiger partial charge >= 0.3 is 0 Å². The fraction of sp³-hybridized carbons (Fsp3) is 0.333. The van der Waals surface area contributed by atoms with E-state index in [4.69, 9.17) is 4.42 Å². The van der Waals surface area contributed by atoms with Gasteiger partial charge < -0.3 is 14.4 Å². The van der Waals surface area contributed by atoms with Gasteiger partial charge in [-0.15, -0.1) is 0 Å². The average molecular weight is 325 g/mol. The van der Waals surface area contributed by atoms with Crippen molar-refractivity contribution in [3.8, 4) is 0 Å². The maximum absolute atomic E-state index is 12.8. The molecule has 0 radical (unpaired) electrons. The van der Waals surface area contributed by atoms with Crippen LogP contribution in [0, 0.1) is 6.92 Å². The van der Waals surface area contributed by atoms with Crippen LogP contribution in [0.2, 0.25) is 0 Å². The van der Waals surface area contributed by atoms with Crippen LogP contribution >= 0.6 is 0 Å². The predicted molar refractivity (Wildman–Crippen MR) is 88.6 cm³/mol. The Morgan fingerprint density at radius 1 is 1.29 bits per heavy atom. The van der Waals surface area contributed by atoms with Crippen LogP contribution in [0.25, 0.3) is 11.0 Å². The minimum atomic E-state index is -0.598. The number of aryl methyl sites for hydroxylation is 1. The van der Waals surface area contributed by atoms with Crippen LogP contribution in [0.4, 0.5) is 0 Å². The van der Waals surface area contributed by atoms with E-state index in [2.05, 4.69) is 5.10 Å². The zero-order valence-electron chi connectivity index (χ0n) is 13.7. The molecule has 2 aromatic heterocycles. The van der Waals surface area contributed by atoms with E-state index in [0.717, 1.165) is 22.4 Å². The zero-order valence-corrected chi connectivity index (χ0v) is 13.7. The van der Waals surface area contributed by atoms with Gasteiger partial charge in [0, 0.05) is 17.5 Å². The molecule has 3 aromatic rings. The quantitative estimate of drug-likeness (QED) is 0.786. The molecule has 1 amide bonds. The minimum absolute atomic E-state index is 0.00167. The molecule has 1 aliphatic rings. The summed E-state index contributed by atoms with van der Waals surface area (Å²) in [6, 6.07) is 9.33. The molecule has 0 aliphatic carbocycles. The molecule has 1 N–H and O–H groups in total. The first-order valence-electron chi connectivity index (χ1n) is 8.05. The highest BCUT2D eigenvalue weighted by Gasteiger charge is 2.24. The molecule has 0 saturated carbocycles. The van der Waals surface area contributed by atoms with E-state index < -0.39 is 6.10 Å². The number of amides is 1. The molecule has 124 valence electrons. The van der Waals surface area contributed by atoms with E-state index in [-0.39, 0.29) is 5.91 Å². The van der Waals surface area contributed by atoms with E-state index in [1.165, 1.54) is 0 Å². The molecular weight excluding hydrogens is 306 g/mol. The van der Waals surface area contributed by atoms with Crippen LogP contribution in [0.15, 0.2) is 34.7 Å². The van der Waals surface area contributed by atoms with Gasteiger partial charge in [-0.1, -0.05) is 0 Å². The number of nitrogens with zero attached hydrogens (tertiary/aromatic N) is 3. The Kier molecular flexibility index (Phi) is 3.42. The molecule has 0 bridgehead atoms. The van der Waals surface area contributed by atoms with Crippen molar-refractivity contribution in [2.24, 2.45) is 0 Å². The summed E-state index contributed by atoms with van der Waals surface area (Å²) in [4.78, 5) is 14.6. The predicted octanol–water partition coefficient (Wildman–Crippen LogP) is 2.65. The molecule has 0 fully saturated rings. The number of furan rings is 1. The molecule has 4 rings (SSSR count). The van der Waals surface area contributed by atoms with Crippen molar-refractivity contribution in [2.45, 2.75) is 33.0 Å². The number of benzene rings is 1. The maximum atomic E-state index is 12.8. The number of hydrogen-bond donors (Lipinski definition) is 1. The number of aliphatic hydroxyl groups is 1. The lowest BCUT2D eigenvalue weighted by molar-refractivity contribution is 0.0706. The van der Waals surface area contributed by atoms with Crippen molar-refractivity contribution in [3.63, 3.8) is 0 Å². The summed E-state index contributed by atoms with van der Waals surface area (Å²) in [5, 5.41) is 15.0. The standard InChI is InChI=1S/C18H19N3O3/c1-11-7-14-8-13(3-4-17(14)24-11)18(23)20-5-6-21-15(10-20)9-16(19-21)12(2)22/h3-4,7-9,12,22H,5-6,10H2,1-2H3/t12-/m0/s1. The van der Waals surface area contributed by atoms with Crippen LogP contribution in [0.5, 0.6) is 0 Å². The third-order valence-electron chi connectivity index (χ3n) is 4.42. The minimum Gasteiger partial charge on any atom is -0.461 e. The first-order chi connectivity index (χ1) is 11.5. The highest BCUT2D eigenvalue weighted by atomic mass is 16.3. The number of aliphatic hydroxyl groups excluding tert-OH is 1. The van der Waals surface area contributed by atoms with Crippen molar-refractivity contribution < 1.29 is 14.3 Å². The Morgan fingerprint density at radius 2 is 2.12 bits per heavy atom. The molecule has 6 nitrogen and oxygen atoms in total. The van der Waals surface area contributed by atoms with Gasteiger partial charge in [0.15, 0.2) is 0 Å². The normalized spacial score (nSPS) is 15.5. The third-order valence-corrected chi connectivity index (χ3v) is 4.42.